The van der Waals surface area contributed by atoms with Crippen LogP contribution < -0.4 is 0 Å². The van der Waals surface area contributed by atoms with E-state index >= 15 is 0 Å². The molecule has 0 aliphatic heterocycles. The molecule has 64 valence electrons. The highest BCUT2D eigenvalue weighted by Gasteiger charge is 2.16. The van der Waals surface area contributed by atoms with Crippen LogP contribution in [0.3, 0.4) is 0 Å². The average Bonchev–Trinajstić information content (AvgIpc) is 2.58. The second-order valence-corrected chi connectivity index (χ2v) is 4.45. The number of hydrogen-bond acceptors (Lipinski definition) is 0. The largest absolute Gasteiger partial charge is 0.0576 e. The molecule has 2 rings (SSSR count). The van der Waals surface area contributed by atoms with Crippen molar-refractivity contribution in [3.05, 3.63) is 34.3 Å². The van der Waals surface area contributed by atoms with E-state index in [9.17, 15) is 0 Å². The Morgan fingerprint density at radius 3 is 2.17 bits per heavy atom. The van der Waals surface area contributed by atoms with E-state index in [0.717, 1.165) is 5.92 Å². The Labute approximate surface area is 82.1 Å². The normalized spacial score (nSPS) is 18.4. The van der Waals surface area contributed by atoms with Crippen molar-refractivity contribution >= 4 is 15.9 Å². The van der Waals surface area contributed by atoms with E-state index < -0.39 is 0 Å². The van der Waals surface area contributed by atoms with Gasteiger partial charge in [0.2, 0.25) is 0 Å². The zero-order valence-electron chi connectivity index (χ0n) is 7.09. The number of halogens is 1. The van der Waals surface area contributed by atoms with Gasteiger partial charge in [-0.3, -0.25) is 0 Å². The second kappa shape index (κ2) is 3.61. The number of benzene rings is 1. The standard InChI is InChI=1S/C11H13Br/c12-11-7-5-10(6-8-11)9-3-1-2-4-9/h5-9H,1-4H2. The van der Waals surface area contributed by atoms with Gasteiger partial charge in [0.1, 0.15) is 0 Å². The van der Waals surface area contributed by atoms with Crippen molar-refractivity contribution in [1.82, 2.24) is 0 Å². The third kappa shape index (κ3) is 1.71. The van der Waals surface area contributed by atoms with Crippen LogP contribution in [0.5, 0.6) is 0 Å². The number of hydrogen-bond donors (Lipinski definition) is 0. The van der Waals surface area contributed by atoms with Gasteiger partial charge in [-0.2, -0.15) is 0 Å². The van der Waals surface area contributed by atoms with Gasteiger partial charge in [0.25, 0.3) is 0 Å². The lowest BCUT2D eigenvalue weighted by molar-refractivity contribution is 0.723. The van der Waals surface area contributed by atoms with E-state index in [1.54, 1.807) is 0 Å². The molecule has 0 unspecified atom stereocenters. The summed E-state index contributed by atoms with van der Waals surface area (Å²) in [6.45, 7) is 0. The van der Waals surface area contributed by atoms with Gasteiger partial charge < -0.3 is 0 Å². The van der Waals surface area contributed by atoms with E-state index in [0.29, 0.717) is 0 Å². The van der Waals surface area contributed by atoms with Crippen molar-refractivity contribution in [3.8, 4) is 0 Å². The molecule has 0 saturated heterocycles. The molecule has 1 aliphatic carbocycles. The van der Waals surface area contributed by atoms with Crippen molar-refractivity contribution in [2.45, 2.75) is 31.6 Å². The SMILES string of the molecule is Brc1ccc(C2CCCC2)cc1. The van der Waals surface area contributed by atoms with Crippen LogP contribution in [-0.2, 0) is 0 Å². The van der Waals surface area contributed by atoms with E-state index in [2.05, 4.69) is 40.2 Å². The van der Waals surface area contributed by atoms with Gasteiger partial charge in [-0.05, 0) is 36.5 Å². The molecule has 0 nitrogen and oxygen atoms in total. The zero-order chi connectivity index (χ0) is 8.39. The first kappa shape index (κ1) is 8.31. The number of rotatable bonds is 1. The molecule has 0 heterocycles. The Morgan fingerprint density at radius 2 is 1.58 bits per heavy atom. The summed E-state index contributed by atoms with van der Waals surface area (Å²) >= 11 is 3.45. The Balaban J connectivity index is 2.17. The van der Waals surface area contributed by atoms with Gasteiger partial charge >= 0.3 is 0 Å². The first-order chi connectivity index (χ1) is 5.86. The predicted octanol–water partition coefficient (Wildman–Crippen LogP) is 4.11. The lowest BCUT2D eigenvalue weighted by Crippen LogP contribution is -1.90. The Bertz CT molecular complexity index is 244. The van der Waals surface area contributed by atoms with Crippen LogP contribution >= 0.6 is 15.9 Å². The molecular weight excluding hydrogens is 212 g/mol. The second-order valence-electron chi connectivity index (χ2n) is 3.53. The summed E-state index contributed by atoms with van der Waals surface area (Å²) < 4.78 is 1.18. The Kier molecular flexibility index (Phi) is 2.50. The Morgan fingerprint density at radius 1 is 1.00 bits per heavy atom. The van der Waals surface area contributed by atoms with Crippen LogP contribution in [0.15, 0.2) is 28.7 Å². The molecule has 0 bridgehead atoms. The fourth-order valence-electron chi connectivity index (χ4n) is 1.99. The van der Waals surface area contributed by atoms with Crippen LogP contribution in [-0.4, -0.2) is 0 Å². The van der Waals surface area contributed by atoms with Crippen LogP contribution in [0.2, 0.25) is 0 Å². The fourth-order valence-corrected chi connectivity index (χ4v) is 2.26. The van der Waals surface area contributed by atoms with Crippen molar-refractivity contribution in [3.63, 3.8) is 0 Å². The van der Waals surface area contributed by atoms with E-state index in [4.69, 9.17) is 0 Å². The minimum Gasteiger partial charge on any atom is -0.0576 e. The maximum Gasteiger partial charge on any atom is 0.0175 e. The minimum absolute atomic E-state index is 0.845. The summed E-state index contributed by atoms with van der Waals surface area (Å²) in [7, 11) is 0. The van der Waals surface area contributed by atoms with E-state index in [-0.39, 0.29) is 0 Å². The summed E-state index contributed by atoms with van der Waals surface area (Å²) in [5.41, 5.74) is 1.52. The van der Waals surface area contributed by atoms with Gasteiger partial charge in [0.15, 0.2) is 0 Å². The molecule has 1 aromatic carbocycles. The van der Waals surface area contributed by atoms with E-state index in [1.807, 2.05) is 0 Å². The molecule has 1 saturated carbocycles. The van der Waals surface area contributed by atoms with Crippen molar-refractivity contribution in [2.24, 2.45) is 0 Å². The topological polar surface area (TPSA) is 0 Å². The molecule has 12 heavy (non-hydrogen) atoms. The van der Waals surface area contributed by atoms with Crippen LogP contribution in [0.25, 0.3) is 0 Å². The fraction of sp³-hybridized carbons (Fsp3) is 0.455. The summed E-state index contributed by atoms with van der Waals surface area (Å²) in [6, 6.07) is 8.79. The van der Waals surface area contributed by atoms with Gasteiger partial charge in [0, 0.05) is 4.47 Å². The van der Waals surface area contributed by atoms with Crippen molar-refractivity contribution < 1.29 is 0 Å². The van der Waals surface area contributed by atoms with Crippen molar-refractivity contribution in [1.29, 1.82) is 0 Å². The molecular formula is C11H13Br. The highest BCUT2D eigenvalue weighted by atomic mass is 79.9. The quantitative estimate of drug-likeness (QED) is 0.674. The summed E-state index contributed by atoms with van der Waals surface area (Å²) in [5.74, 6) is 0.845. The van der Waals surface area contributed by atoms with Gasteiger partial charge in [0.05, 0.1) is 0 Å². The summed E-state index contributed by atoms with van der Waals surface area (Å²) in [4.78, 5) is 0. The summed E-state index contributed by atoms with van der Waals surface area (Å²) in [6.07, 6.45) is 5.62. The lowest BCUT2D eigenvalue weighted by atomic mass is 9.98. The maximum atomic E-state index is 3.45. The maximum absolute atomic E-state index is 3.45. The summed E-state index contributed by atoms with van der Waals surface area (Å²) in [5, 5.41) is 0. The molecule has 1 heteroatoms. The zero-order valence-corrected chi connectivity index (χ0v) is 8.68. The molecule has 1 aromatic rings. The lowest BCUT2D eigenvalue weighted by Gasteiger charge is -2.08. The highest BCUT2D eigenvalue weighted by Crippen LogP contribution is 2.34. The smallest absolute Gasteiger partial charge is 0.0175 e. The van der Waals surface area contributed by atoms with Crippen LogP contribution in [0, 0.1) is 0 Å². The minimum atomic E-state index is 0.845. The van der Waals surface area contributed by atoms with Gasteiger partial charge in [-0.25, -0.2) is 0 Å². The molecule has 0 N–H and O–H groups in total. The van der Waals surface area contributed by atoms with Crippen LogP contribution in [0.4, 0.5) is 0 Å². The third-order valence-electron chi connectivity index (χ3n) is 2.70. The Hall–Kier alpha value is -0.300. The van der Waals surface area contributed by atoms with Gasteiger partial charge in [-0.15, -0.1) is 0 Å². The molecule has 1 aliphatic rings. The first-order valence-corrected chi connectivity index (χ1v) is 5.41. The molecule has 0 atom stereocenters. The monoisotopic (exact) mass is 224 g/mol. The van der Waals surface area contributed by atoms with Crippen LogP contribution in [0.1, 0.15) is 37.2 Å². The highest BCUT2D eigenvalue weighted by molar-refractivity contribution is 9.10. The molecule has 0 aromatic heterocycles. The molecule has 0 spiro atoms. The molecule has 0 amide bonds. The predicted molar refractivity (Wildman–Crippen MR) is 55.4 cm³/mol. The molecule has 0 radical (unpaired) electrons. The third-order valence-corrected chi connectivity index (χ3v) is 3.23. The average molecular weight is 225 g/mol. The first-order valence-electron chi connectivity index (χ1n) is 4.62. The van der Waals surface area contributed by atoms with Gasteiger partial charge in [-0.1, -0.05) is 40.9 Å². The molecule has 1 fully saturated rings. The van der Waals surface area contributed by atoms with E-state index in [1.165, 1.54) is 35.7 Å². The van der Waals surface area contributed by atoms with Crippen molar-refractivity contribution in [2.75, 3.05) is 0 Å².